The zero-order valence-corrected chi connectivity index (χ0v) is 15.6. The highest BCUT2D eigenvalue weighted by Crippen LogP contribution is 2.44. The molecule has 0 aromatic rings. The Morgan fingerprint density at radius 1 is 1.23 bits per heavy atom. The standard InChI is InChI=1S/C20H32O6/c1-2-3-6-9-15(24-23)12-13-17-16(18-14-19(17)26-25-18)10-7-4-5-8-11-20(21)22/h4,7,12-13,15-19,23H,2-3,5-6,8-11,14H2,1H3,(H,21,22)/b7-4-,13-12+/t15-,16+,17+,18-,19-/m0/s1. The van der Waals surface area contributed by atoms with Gasteiger partial charge in [-0.05, 0) is 25.7 Å². The summed E-state index contributed by atoms with van der Waals surface area (Å²) < 4.78 is 0. The fourth-order valence-corrected chi connectivity index (χ4v) is 3.79. The van der Waals surface area contributed by atoms with Gasteiger partial charge in [0, 0.05) is 24.7 Å². The summed E-state index contributed by atoms with van der Waals surface area (Å²) in [4.78, 5) is 25.9. The number of aliphatic carboxylic acids is 1. The van der Waals surface area contributed by atoms with Crippen LogP contribution in [0.4, 0.5) is 0 Å². The third-order valence-electron chi connectivity index (χ3n) is 5.28. The Labute approximate surface area is 155 Å². The van der Waals surface area contributed by atoms with Crippen molar-refractivity contribution < 1.29 is 29.8 Å². The molecule has 0 aromatic heterocycles. The number of carbonyl (C=O) groups is 1. The Kier molecular flexibility index (Phi) is 9.32. The lowest BCUT2D eigenvalue weighted by Gasteiger charge is -2.27. The van der Waals surface area contributed by atoms with Crippen LogP contribution in [-0.2, 0) is 19.5 Å². The number of fused-ring (bicyclic) bond motifs is 2. The van der Waals surface area contributed by atoms with E-state index in [1.54, 1.807) is 0 Å². The molecule has 2 rings (SSSR count). The van der Waals surface area contributed by atoms with Gasteiger partial charge in [0.25, 0.3) is 0 Å². The topological polar surface area (TPSA) is 85.2 Å². The van der Waals surface area contributed by atoms with E-state index in [0.717, 1.165) is 44.9 Å². The molecule has 1 aliphatic carbocycles. The van der Waals surface area contributed by atoms with Crippen LogP contribution in [0.25, 0.3) is 0 Å². The van der Waals surface area contributed by atoms with Crippen molar-refractivity contribution in [2.75, 3.05) is 0 Å². The average Bonchev–Trinajstić information content (AvgIpc) is 3.22. The number of hydrogen-bond donors (Lipinski definition) is 2. The van der Waals surface area contributed by atoms with Crippen LogP contribution in [0, 0.1) is 11.8 Å². The first-order valence-electron chi connectivity index (χ1n) is 9.83. The minimum absolute atomic E-state index is 0.0663. The summed E-state index contributed by atoms with van der Waals surface area (Å²) >= 11 is 0. The normalized spacial score (nSPS) is 29.2. The molecule has 6 nitrogen and oxygen atoms in total. The highest BCUT2D eigenvalue weighted by molar-refractivity contribution is 5.66. The molecule has 5 atom stereocenters. The van der Waals surface area contributed by atoms with E-state index >= 15 is 0 Å². The van der Waals surface area contributed by atoms with Gasteiger partial charge in [-0.2, -0.15) is 0 Å². The van der Waals surface area contributed by atoms with Gasteiger partial charge in [-0.15, -0.1) is 0 Å². The Bertz CT molecular complexity index is 475. The first-order valence-corrected chi connectivity index (χ1v) is 9.83. The fraction of sp³-hybridized carbons (Fsp3) is 0.750. The van der Waals surface area contributed by atoms with E-state index in [2.05, 4.69) is 30.0 Å². The quantitative estimate of drug-likeness (QED) is 0.215. The van der Waals surface area contributed by atoms with Crippen LogP contribution in [0.3, 0.4) is 0 Å². The predicted molar refractivity (Wildman–Crippen MR) is 97.4 cm³/mol. The van der Waals surface area contributed by atoms with Crippen LogP contribution < -0.4 is 0 Å². The molecule has 0 spiro atoms. The summed E-state index contributed by atoms with van der Waals surface area (Å²) in [6.07, 6.45) is 15.7. The van der Waals surface area contributed by atoms with Crippen LogP contribution in [0.5, 0.6) is 0 Å². The Hall–Kier alpha value is -1.21. The van der Waals surface area contributed by atoms with Gasteiger partial charge >= 0.3 is 5.97 Å². The van der Waals surface area contributed by atoms with Gasteiger partial charge in [-0.25, -0.2) is 14.7 Å². The smallest absolute Gasteiger partial charge is 0.303 e. The molecule has 2 N–H and O–H groups in total. The molecule has 0 aromatic carbocycles. The van der Waals surface area contributed by atoms with E-state index in [9.17, 15) is 4.79 Å². The average molecular weight is 368 g/mol. The number of rotatable bonds is 13. The van der Waals surface area contributed by atoms with E-state index in [1.165, 1.54) is 0 Å². The lowest BCUT2D eigenvalue weighted by atomic mass is 9.89. The first kappa shape index (κ1) is 21.1. The Morgan fingerprint density at radius 2 is 2.04 bits per heavy atom. The monoisotopic (exact) mass is 368 g/mol. The molecule has 2 bridgehead atoms. The van der Waals surface area contributed by atoms with Crippen molar-refractivity contribution in [3.8, 4) is 0 Å². The van der Waals surface area contributed by atoms with Crippen LogP contribution >= 0.6 is 0 Å². The minimum atomic E-state index is -0.748. The molecular weight excluding hydrogens is 336 g/mol. The van der Waals surface area contributed by atoms with Crippen molar-refractivity contribution in [1.82, 2.24) is 0 Å². The maximum Gasteiger partial charge on any atom is 0.303 e. The lowest BCUT2D eigenvalue weighted by molar-refractivity contribution is -0.336. The van der Waals surface area contributed by atoms with Crippen molar-refractivity contribution in [3.63, 3.8) is 0 Å². The summed E-state index contributed by atoms with van der Waals surface area (Å²) in [6, 6.07) is 0. The van der Waals surface area contributed by atoms with Crippen molar-refractivity contribution >= 4 is 5.97 Å². The number of carboxylic acid groups (broad SMARTS) is 1. The molecule has 26 heavy (non-hydrogen) atoms. The summed E-state index contributed by atoms with van der Waals surface area (Å²) in [5, 5.41) is 17.8. The molecule has 148 valence electrons. The van der Waals surface area contributed by atoms with Gasteiger partial charge in [0.05, 0.1) is 6.10 Å². The summed E-state index contributed by atoms with van der Waals surface area (Å²) in [7, 11) is 0. The largest absolute Gasteiger partial charge is 0.481 e. The van der Waals surface area contributed by atoms with Crippen LogP contribution in [-0.4, -0.2) is 34.6 Å². The van der Waals surface area contributed by atoms with E-state index in [0.29, 0.717) is 12.3 Å². The van der Waals surface area contributed by atoms with Crippen LogP contribution in [0.15, 0.2) is 24.3 Å². The molecule has 1 saturated carbocycles. The zero-order valence-electron chi connectivity index (χ0n) is 15.6. The maximum atomic E-state index is 10.5. The number of hydrogen-bond acceptors (Lipinski definition) is 5. The predicted octanol–water partition coefficient (Wildman–Crippen LogP) is 4.52. The number of allylic oxidation sites excluding steroid dienone is 2. The third kappa shape index (κ3) is 6.50. The van der Waals surface area contributed by atoms with Crippen LogP contribution in [0.2, 0.25) is 0 Å². The van der Waals surface area contributed by atoms with Gasteiger partial charge in [0.15, 0.2) is 0 Å². The van der Waals surface area contributed by atoms with Gasteiger partial charge in [0.1, 0.15) is 12.2 Å². The second-order valence-electron chi connectivity index (χ2n) is 7.26. The SMILES string of the molecule is CCCCC[C@@H](/C=C/[C@@H]1[C@@H](C/C=C\CCCC(=O)O)[C@@H]2C[C@@H]1OO2)OO. The molecule has 2 aliphatic rings. The van der Waals surface area contributed by atoms with Gasteiger partial charge in [0.2, 0.25) is 0 Å². The van der Waals surface area contributed by atoms with Crippen molar-refractivity contribution in [3.05, 3.63) is 24.3 Å². The molecule has 0 unspecified atom stereocenters. The van der Waals surface area contributed by atoms with Gasteiger partial charge in [-0.1, -0.05) is 50.5 Å². The molecule has 1 aliphatic heterocycles. The van der Waals surface area contributed by atoms with Crippen molar-refractivity contribution in [1.29, 1.82) is 0 Å². The molecule has 1 saturated heterocycles. The highest BCUT2D eigenvalue weighted by atomic mass is 17.2. The van der Waals surface area contributed by atoms with Crippen LogP contribution in [0.1, 0.15) is 64.7 Å². The number of carboxylic acids is 1. The Morgan fingerprint density at radius 3 is 2.77 bits per heavy atom. The van der Waals surface area contributed by atoms with Gasteiger partial charge in [-0.3, -0.25) is 10.1 Å². The third-order valence-corrected chi connectivity index (χ3v) is 5.28. The fourth-order valence-electron chi connectivity index (χ4n) is 3.79. The molecule has 0 radical (unpaired) electrons. The molecule has 2 fully saturated rings. The second kappa shape index (κ2) is 11.5. The Balaban J connectivity index is 1.82. The van der Waals surface area contributed by atoms with E-state index < -0.39 is 5.97 Å². The van der Waals surface area contributed by atoms with E-state index in [4.69, 9.17) is 20.1 Å². The second-order valence-corrected chi connectivity index (χ2v) is 7.26. The van der Waals surface area contributed by atoms with E-state index in [1.807, 2.05) is 6.08 Å². The molecule has 1 heterocycles. The summed E-state index contributed by atoms with van der Waals surface area (Å²) in [6.45, 7) is 2.15. The maximum absolute atomic E-state index is 10.5. The lowest BCUT2D eigenvalue weighted by Crippen LogP contribution is -2.29. The summed E-state index contributed by atoms with van der Waals surface area (Å²) in [5.41, 5.74) is 0. The summed E-state index contributed by atoms with van der Waals surface area (Å²) in [5.74, 6) is -0.154. The van der Waals surface area contributed by atoms with Crippen molar-refractivity contribution in [2.45, 2.75) is 83.0 Å². The molecule has 6 heteroatoms. The minimum Gasteiger partial charge on any atom is -0.481 e. The zero-order chi connectivity index (χ0) is 18.8. The van der Waals surface area contributed by atoms with Gasteiger partial charge < -0.3 is 5.11 Å². The first-order chi connectivity index (χ1) is 12.7. The van der Waals surface area contributed by atoms with E-state index in [-0.39, 0.29) is 30.7 Å². The number of unbranched alkanes of at least 4 members (excludes halogenated alkanes) is 3. The molecule has 0 amide bonds. The molecular formula is C20H32O6. The highest BCUT2D eigenvalue weighted by Gasteiger charge is 2.49. The van der Waals surface area contributed by atoms with Crippen molar-refractivity contribution in [2.24, 2.45) is 11.8 Å².